The van der Waals surface area contributed by atoms with E-state index in [4.69, 9.17) is 0 Å². The van der Waals surface area contributed by atoms with Crippen LogP contribution < -0.4 is 4.90 Å². The van der Waals surface area contributed by atoms with E-state index in [-0.39, 0.29) is 50.3 Å². The summed E-state index contributed by atoms with van der Waals surface area (Å²) in [5.74, 6) is -0.129. The minimum atomic E-state index is -4.89. The maximum absolute atomic E-state index is 13.0. The molecule has 9 heteroatoms. The van der Waals surface area contributed by atoms with Crippen LogP contribution in [0, 0.1) is 0 Å². The number of amides is 1. The van der Waals surface area contributed by atoms with E-state index in [0.29, 0.717) is 0 Å². The summed E-state index contributed by atoms with van der Waals surface area (Å²) in [5, 5.41) is 0. The number of benzene rings is 2. The first-order valence-corrected chi connectivity index (χ1v) is 8.90. The Balaban J connectivity index is 1.72. The summed E-state index contributed by atoms with van der Waals surface area (Å²) in [6.07, 6.45) is -9.57. The average Bonchev–Trinajstić information content (AvgIpc) is 2.67. The lowest BCUT2D eigenvalue weighted by molar-refractivity contribution is -0.143. The monoisotopic (exact) mass is 416 g/mol. The Morgan fingerprint density at radius 2 is 1.31 bits per heavy atom. The molecule has 0 radical (unpaired) electrons. The van der Waals surface area contributed by atoms with Gasteiger partial charge in [-0.25, -0.2) is 0 Å². The van der Waals surface area contributed by atoms with Crippen LogP contribution in [0.25, 0.3) is 0 Å². The molecule has 1 amide bonds. The fourth-order valence-electron chi connectivity index (χ4n) is 3.22. The van der Waals surface area contributed by atoms with E-state index >= 15 is 0 Å². The van der Waals surface area contributed by atoms with Gasteiger partial charge in [-0.2, -0.15) is 26.3 Å². The van der Waals surface area contributed by atoms with Crippen molar-refractivity contribution < 1.29 is 31.1 Å². The summed E-state index contributed by atoms with van der Waals surface area (Å²) in [6, 6.07) is 10.6. The van der Waals surface area contributed by atoms with Gasteiger partial charge in [-0.3, -0.25) is 4.79 Å². The van der Waals surface area contributed by atoms with Crippen molar-refractivity contribution in [3.8, 4) is 0 Å². The Hall–Kier alpha value is -2.71. The van der Waals surface area contributed by atoms with Gasteiger partial charge in [0.25, 0.3) is 0 Å². The zero-order chi connectivity index (χ0) is 21.2. The molecule has 1 aliphatic rings. The number of carbonyl (C=O) groups is 1. The normalized spacial score (nSPS) is 15.5. The minimum Gasteiger partial charge on any atom is -0.368 e. The maximum Gasteiger partial charge on any atom is 0.416 e. The van der Waals surface area contributed by atoms with Crippen molar-refractivity contribution in [1.29, 1.82) is 0 Å². The number of alkyl halides is 6. The molecule has 1 aliphatic heterocycles. The van der Waals surface area contributed by atoms with Crippen LogP contribution in [0.15, 0.2) is 48.5 Å². The molecule has 1 saturated heterocycles. The summed E-state index contributed by atoms with van der Waals surface area (Å²) in [4.78, 5) is 15.4. The van der Waals surface area contributed by atoms with Crippen LogP contribution in [-0.2, 0) is 23.6 Å². The second-order valence-corrected chi connectivity index (χ2v) is 6.79. The van der Waals surface area contributed by atoms with Gasteiger partial charge in [0.05, 0.1) is 17.5 Å². The Morgan fingerprint density at radius 3 is 1.79 bits per heavy atom. The Labute approximate surface area is 163 Å². The number of anilines is 1. The number of rotatable bonds is 3. The van der Waals surface area contributed by atoms with E-state index in [9.17, 15) is 31.1 Å². The molecular weight excluding hydrogens is 398 g/mol. The Morgan fingerprint density at radius 1 is 0.793 bits per heavy atom. The molecule has 0 aliphatic carbocycles. The van der Waals surface area contributed by atoms with Crippen LogP contribution in [-0.4, -0.2) is 37.0 Å². The molecule has 29 heavy (non-hydrogen) atoms. The Bertz CT molecular complexity index is 823. The summed E-state index contributed by atoms with van der Waals surface area (Å²) in [7, 11) is 0. The molecule has 0 N–H and O–H groups in total. The van der Waals surface area contributed by atoms with Crippen LogP contribution in [0.1, 0.15) is 16.7 Å². The number of piperazine rings is 1. The molecule has 0 bridgehead atoms. The molecule has 0 saturated carbocycles. The van der Waals surface area contributed by atoms with E-state index in [0.717, 1.165) is 17.7 Å². The quantitative estimate of drug-likeness (QED) is 0.682. The van der Waals surface area contributed by atoms with Crippen molar-refractivity contribution in [3.05, 3.63) is 65.2 Å². The summed E-state index contributed by atoms with van der Waals surface area (Å²) < 4.78 is 78.2. The first-order valence-electron chi connectivity index (χ1n) is 8.90. The highest BCUT2D eigenvalue weighted by molar-refractivity contribution is 5.79. The molecule has 0 atom stereocenters. The van der Waals surface area contributed by atoms with Crippen LogP contribution >= 0.6 is 0 Å². The molecule has 2 aromatic carbocycles. The fraction of sp³-hybridized carbons (Fsp3) is 0.350. The van der Waals surface area contributed by atoms with E-state index in [2.05, 4.69) is 0 Å². The SMILES string of the molecule is O=C(Cc1ccccc1)N1CCN(c2cc(C(F)(F)F)cc(C(F)(F)F)c2)CC1. The van der Waals surface area contributed by atoms with Gasteiger partial charge in [-0.15, -0.1) is 0 Å². The molecule has 1 heterocycles. The fourth-order valence-corrected chi connectivity index (χ4v) is 3.22. The standard InChI is InChI=1S/C20H18F6N2O/c21-19(22,23)15-11-16(20(24,25)26)13-17(12-15)27-6-8-28(9-7-27)18(29)10-14-4-2-1-3-5-14/h1-5,11-13H,6-10H2. The van der Waals surface area contributed by atoms with E-state index in [1.807, 2.05) is 30.3 Å². The largest absolute Gasteiger partial charge is 0.416 e. The van der Waals surface area contributed by atoms with Gasteiger partial charge < -0.3 is 9.80 Å². The summed E-state index contributed by atoms with van der Waals surface area (Å²) in [5.41, 5.74) is -2.00. The Kier molecular flexibility index (Phi) is 5.77. The second kappa shape index (κ2) is 7.96. The molecule has 0 spiro atoms. The van der Waals surface area contributed by atoms with Gasteiger partial charge >= 0.3 is 12.4 Å². The highest BCUT2D eigenvalue weighted by Gasteiger charge is 2.37. The number of hydrogen-bond donors (Lipinski definition) is 0. The van der Waals surface area contributed by atoms with Gasteiger partial charge in [0.2, 0.25) is 5.91 Å². The molecule has 2 aromatic rings. The highest BCUT2D eigenvalue weighted by atomic mass is 19.4. The van der Waals surface area contributed by atoms with Gasteiger partial charge in [-0.05, 0) is 23.8 Å². The highest BCUT2D eigenvalue weighted by Crippen LogP contribution is 2.38. The average molecular weight is 416 g/mol. The third kappa shape index (κ3) is 5.21. The van der Waals surface area contributed by atoms with Crippen LogP contribution in [0.5, 0.6) is 0 Å². The van der Waals surface area contributed by atoms with Gasteiger partial charge in [-0.1, -0.05) is 30.3 Å². The predicted octanol–water partition coefficient (Wildman–Crippen LogP) is 4.62. The summed E-state index contributed by atoms with van der Waals surface area (Å²) in [6.45, 7) is 0.755. The lowest BCUT2D eigenvalue weighted by Crippen LogP contribution is -2.49. The zero-order valence-corrected chi connectivity index (χ0v) is 15.2. The summed E-state index contributed by atoms with van der Waals surface area (Å²) >= 11 is 0. The number of carbonyl (C=O) groups excluding carboxylic acids is 1. The van der Waals surface area contributed by atoms with E-state index in [1.165, 1.54) is 4.90 Å². The van der Waals surface area contributed by atoms with E-state index < -0.39 is 23.5 Å². The lowest BCUT2D eigenvalue weighted by Gasteiger charge is -2.36. The van der Waals surface area contributed by atoms with Gasteiger partial charge in [0.15, 0.2) is 0 Å². The minimum absolute atomic E-state index is 0.114. The number of halogens is 6. The lowest BCUT2D eigenvalue weighted by atomic mass is 10.1. The third-order valence-electron chi connectivity index (χ3n) is 4.77. The first kappa shape index (κ1) is 21.0. The van der Waals surface area contributed by atoms with Crippen molar-refractivity contribution in [2.75, 3.05) is 31.1 Å². The van der Waals surface area contributed by atoms with E-state index in [1.54, 1.807) is 4.90 Å². The van der Waals surface area contributed by atoms with Crippen molar-refractivity contribution in [3.63, 3.8) is 0 Å². The molecule has 1 fully saturated rings. The third-order valence-corrected chi connectivity index (χ3v) is 4.77. The molecule has 156 valence electrons. The second-order valence-electron chi connectivity index (χ2n) is 6.79. The van der Waals surface area contributed by atoms with Crippen LogP contribution in [0.3, 0.4) is 0 Å². The number of hydrogen-bond acceptors (Lipinski definition) is 2. The molecule has 0 unspecified atom stereocenters. The smallest absolute Gasteiger partial charge is 0.368 e. The van der Waals surface area contributed by atoms with Crippen molar-refractivity contribution >= 4 is 11.6 Å². The van der Waals surface area contributed by atoms with Crippen molar-refractivity contribution in [1.82, 2.24) is 4.90 Å². The van der Waals surface area contributed by atoms with Crippen LogP contribution in [0.4, 0.5) is 32.0 Å². The predicted molar refractivity (Wildman–Crippen MR) is 95.4 cm³/mol. The van der Waals surface area contributed by atoms with Crippen molar-refractivity contribution in [2.45, 2.75) is 18.8 Å². The first-order chi connectivity index (χ1) is 13.5. The van der Waals surface area contributed by atoms with Crippen molar-refractivity contribution in [2.24, 2.45) is 0 Å². The molecule has 0 aromatic heterocycles. The van der Waals surface area contributed by atoms with Gasteiger partial charge in [0.1, 0.15) is 0 Å². The van der Waals surface area contributed by atoms with Gasteiger partial charge in [0, 0.05) is 31.9 Å². The molecular formula is C20H18F6N2O. The molecule has 3 rings (SSSR count). The number of nitrogens with zero attached hydrogens (tertiary/aromatic N) is 2. The molecule has 3 nitrogen and oxygen atoms in total. The van der Waals surface area contributed by atoms with Crippen LogP contribution in [0.2, 0.25) is 0 Å². The topological polar surface area (TPSA) is 23.6 Å². The zero-order valence-electron chi connectivity index (χ0n) is 15.2. The maximum atomic E-state index is 13.0.